The highest BCUT2D eigenvalue weighted by Crippen LogP contribution is 2.71. The third-order valence-electron chi connectivity index (χ3n) is 5.36. The summed E-state index contributed by atoms with van der Waals surface area (Å²) in [6.45, 7) is 12.8. The first-order chi connectivity index (χ1) is 6.19. The summed E-state index contributed by atoms with van der Waals surface area (Å²) in [5.74, 6) is 0. The lowest BCUT2D eigenvalue weighted by Crippen LogP contribution is -2.56. The fourth-order valence-corrected chi connectivity index (χ4v) is 3.72. The van der Waals surface area contributed by atoms with Crippen LogP contribution in [0.3, 0.4) is 0 Å². The highest BCUT2D eigenvalue weighted by atomic mass is 16.3. The lowest BCUT2D eigenvalue weighted by atomic mass is 9.45. The first-order valence-electron chi connectivity index (χ1n) is 5.30. The Morgan fingerprint density at radius 1 is 1.00 bits per heavy atom. The molecule has 2 aliphatic rings. The van der Waals surface area contributed by atoms with E-state index in [9.17, 15) is 5.11 Å². The maximum Gasteiger partial charge on any atom is 0.0904 e. The Balaban J connectivity index is 2.69. The van der Waals surface area contributed by atoms with Crippen LogP contribution in [0, 0.1) is 10.8 Å². The summed E-state index contributed by atoms with van der Waals surface area (Å²) in [6, 6.07) is 0. The van der Waals surface area contributed by atoms with Crippen LogP contribution in [0.15, 0.2) is 22.8 Å². The minimum atomic E-state index is -0.685. The Kier molecular flexibility index (Phi) is 1.54. The van der Waals surface area contributed by atoms with E-state index in [1.54, 1.807) is 0 Å². The van der Waals surface area contributed by atoms with Crippen LogP contribution in [0.1, 0.15) is 41.5 Å². The number of hydrogen-bond acceptors (Lipinski definition) is 1. The molecule has 78 valence electrons. The molecule has 0 aromatic rings. The minimum absolute atomic E-state index is 0.0839. The van der Waals surface area contributed by atoms with Crippen molar-refractivity contribution in [2.45, 2.75) is 47.1 Å². The van der Waals surface area contributed by atoms with E-state index >= 15 is 0 Å². The Labute approximate surface area is 86.5 Å². The van der Waals surface area contributed by atoms with Gasteiger partial charge in [-0.25, -0.2) is 0 Å². The molecule has 0 fully saturated rings. The van der Waals surface area contributed by atoms with Crippen molar-refractivity contribution in [3.05, 3.63) is 22.8 Å². The predicted octanol–water partition coefficient (Wildman–Crippen LogP) is 3.06. The molecule has 3 atom stereocenters. The number of fused-ring (bicyclic) bond motifs is 1. The standard InChI is InChI=1S/C13H20O/c1-8-7-11(4,14)13(6)10(3)9(2)12(8,13)5/h7,14H,1-6H3. The van der Waals surface area contributed by atoms with Gasteiger partial charge >= 0.3 is 0 Å². The van der Waals surface area contributed by atoms with Crippen molar-refractivity contribution < 1.29 is 5.11 Å². The van der Waals surface area contributed by atoms with Crippen LogP contribution < -0.4 is 0 Å². The van der Waals surface area contributed by atoms with E-state index in [2.05, 4.69) is 34.6 Å². The Hall–Kier alpha value is -0.560. The molecule has 1 N–H and O–H groups in total. The largest absolute Gasteiger partial charge is 0.385 e. The molecule has 0 aromatic carbocycles. The molecule has 1 heteroatoms. The molecule has 1 nitrogen and oxygen atoms in total. The van der Waals surface area contributed by atoms with Gasteiger partial charge in [0.15, 0.2) is 0 Å². The summed E-state index contributed by atoms with van der Waals surface area (Å²) in [5, 5.41) is 10.5. The van der Waals surface area contributed by atoms with Gasteiger partial charge in [-0.05, 0) is 27.7 Å². The second-order valence-electron chi connectivity index (χ2n) is 5.47. The summed E-state index contributed by atoms with van der Waals surface area (Å²) in [7, 11) is 0. The number of rotatable bonds is 0. The first kappa shape index (κ1) is 9.97. The first-order valence-corrected chi connectivity index (χ1v) is 5.30. The summed E-state index contributed by atoms with van der Waals surface area (Å²) >= 11 is 0. The summed E-state index contributed by atoms with van der Waals surface area (Å²) in [6.07, 6.45) is 2.03. The predicted molar refractivity (Wildman–Crippen MR) is 59.0 cm³/mol. The van der Waals surface area contributed by atoms with Gasteiger partial charge in [0, 0.05) is 10.8 Å². The second-order valence-corrected chi connectivity index (χ2v) is 5.47. The van der Waals surface area contributed by atoms with Crippen LogP contribution in [0.2, 0.25) is 0 Å². The van der Waals surface area contributed by atoms with Crippen molar-refractivity contribution in [2.24, 2.45) is 10.8 Å². The highest BCUT2D eigenvalue weighted by Gasteiger charge is 2.67. The van der Waals surface area contributed by atoms with E-state index in [1.807, 2.05) is 13.0 Å². The lowest BCUT2D eigenvalue weighted by Gasteiger charge is -2.59. The van der Waals surface area contributed by atoms with Crippen molar-refractivity contribution >= 4 is 0 Å². The van der Waals surface area contributed by atoms with Crippen LogP contribution in [-0.4, -0.2) is 10.7 Å². The molecule has 2 aliphatic carbocycles. The van der Waals surface area contributed by atoms with Crippen molar-refractivity contribution in [2.75, 3.05) is 0 Å². The summed E-state index contributed by atoms with van der Waals surface area (Å²) < 4.78 is 0. The summed E-state index contributed by atoms with van der Waals surface area (Å²) in [5.41, 5.74) is 3.42. The maximum absolute atomic E-state index is 10.5. The monoisotopic (exact) mass is 192 g/mol. The zero-order valence-electron chi connectivity index (χ0n) is 10.0. The third kappa shape index (κ3) is 0.631. The van der Waals surface area contributed by atoms with Crippen LogP contribution in [0.25, 0.3) is 0 Å². The molecule has 0 aromatic heterocycles. The average Bonchev–Trinajstić information content (AvgIpc) is 2.22. The third-order valence-corrected chi connectivity index (χ3v) is 5.36. The maximum atomic E-state index is 10.5. The van der Waals surface area contributed by atoms with E-state index in [4.69, 9.17) is 0 Å². The zero-order chi connectivity index (χ0) is 10.9. The van der Waals surface area contributed by atoms with Gasteiger partial charge < -0.3 is 5.11 Å². The molecule has 3 unspecified atom stereocenters. The minimum Gasteiger partial charge on any atom is -0.385 e. The molecule has 2 rings (SSSR count). The molecule has 0 bridgehead atoms. The molecule has 0 heterocycles. The van der Waals surface area contributed by atoms with Gasteiger partial charge in [0.1, 0.15) is 0 Å². The van der Waals surface area contributed by atoms with Crippen LogP contribution >= 0.6 is 0 Å². The Bertz CT molecular complexity index is 373. The van der Waals surface area contributed by atoms with Crippen molar-refractivity contribution in [1.29, 1.82) is 0 Å². The number of allylic oxidation sites excluding steroid dienone is 2. The molecule has 0 radical (unpaired) electrons. The molecule has 0 spiro atoms. The Morgan fingerprint density at radius 2 is 1.50 bits per heavy atom. The average molecular weight is 192 g/mol. The van der Waals surface area contributed by atoms with Gasteiger partial charge in [0.05, 0.1) is 5.60 Å². The van der Waals surface area contributed by atoms with Crippen molar-refractivity contribution in [3.63, 3.8) is 0 Å². The smallest absolute Gasteiger partial charge is 0.0904 e. The fraction of sp³-hybridized carbons (Fsp3) is 0.692. The van der Waals surface area contributed by atoms with E-state index < -0.39 is 5.60 Å². The normalized spacial score (nSPS) is 51.5. The van der Waals surface area contributed by atoms with Gasteiger partial charge in [-0.2, -0.15) is 0 Å². The number of aliphatic hydroxyl groups is 1. The van der Waals surface area contributed by atoms with Gasteiger partial charge in [-0.15, -0.1) is 0 Å². The molecule has 0 amide bonds. The fourth-order valence-electron chi connectivity index (χ4n) is 3.72. The topological polar surface area (TPSA) is 20.2 Å². The van der Waals surface area contributed by atoms with E-state index in [0.717, 1.165) is 0 Å². The molecule has 0 saturated heterocycles. The second kappa shape index (κ2) is 2.16. The SMILES string of the molecule is CC1=CC(C)(O)C2(C)C(C)=C(C)C12C. The van der Waals surface area contributed by atoms with Gasteiger partial charge in [0.2, 0.25) is 0 Å². The highest BCUT2D eigenvalue weighted by molar-refractivity contribution is 5.56. The van der Waals surface area contributed by atoms with Crippen molar-refractivity contribution in [3.8, 4) is 0 Å². The molecule has 14 heavy (non-hydrogen) atoms. The van der Waals surface area contributed by atoms with E-state index in [1.165, 1.54) is 16.7 Å². The molecular weight excluding hydrogens is 172 g/mol. The lowest BCUT2D eigenvalue weighted by molar-refractivity contribution is -0.0488. The van der Waals surface area contributed by atoms with Crippen LogP contribution in [0.4, 0.5) is 0 Å². The van der Waals surface area contributed by atoms with Crippen LogP contribution in [-0.2, 0) is 0 Å². The quantitative estimate of drug-likeness (QED) is 0.585. The van der Waals surface area contributed by atoms with E-state index in [0.29, 0.717) is 0 Å². The number of hydrogen-bond donors (Lipinski definition) is 1. The summed E-state index contributed by atoms with van der Waals surface area (Å²) in [4.78, 5) is 0. The molecular formula is C13H20O. The van der Waals surface area contributed by atoms with E-state index in [-0.39, 0.29) is 10.8 Å². The van der Waals surface area contributed by atoms with Crippen LogP contribution in [0.5, 0.6) is 0 Å². The van der Waals surface area contributed by atoms with Gasteiger partial charge in [-0.3, -0.25) is 0 Å². The molecule has 0 aliphatic heterocycles. The van der Waals surface area contributed by atoms with Gasteiger partial charge in [-0.1, -0.05) is 36.6 Å². The Morgan fingerprint density at radius 3 is 1.93 bits per heavy atom. The van der Waals surface area contributed by atoms with Gasteiger partial charge in [0.25, 0.3) is 0 Å². The van der Waals surface area contributed by atoms with Crippen molar-refractivity contribution in [1.82, 2.24) is 0 Å². The zero-order valence-corrected chi connectivity index (χ0v) is 10.0. The molecule has 0 saturated carbocycles.